The molecule has 0 saturated carbocycles. The van der Waals surface area contributed by atoms with Gasteiger partial charge in [-0.05, 0) is 23.8 Å². The minimum Gasteiger partial charge on any atom is -0.507 e. The summed E-state index contributed by atoms with van der Waals surface area (Å²) in [7, 11) is 0. The van der Waals surface area contributed by atoms with Crippen LogP contribution in [0.3, 0.4) is 0 Å². The number of benzene rings is 2. The van der Waals surface area contributed by atoms with Gasteiger partial charge in [0.05, 0.1) is 5.56 Å². The molecule has 106 valence electrons. The number of carbonyl (C=O) groups is 2. The van der Waals surface area contributed by atoms with Gasteiger partial charge in [0.1, 0.15) is 5.75 Å². The number of nitrogens with two attached hydrogens (primary N) is 1. The molecule has 0 bridgehead atoms. The number of amides is 2. The fourth-order valence-corrected chi connectivity index (χ4v) is 1.70. The summed E-state index contributed by atoms with van der Waals surface area (Å²) in [5, 5.41) is 10.1. The summed E-state index contributed by atoms with van der Waals surface area (Å²) < 4.78 is 0. The van der Waals surface area contributed by atoms with Gasteiger partial charge in [-0.25, -0.2) is 10.9 Å². The average molecular weight is 282 g/mol. The Morgan fingerprint density at radius 2 is 1.62 bits per heavy atom. The SMILES string of the molecule is NN(C(=O)C=Cc1ccccc1)C(=O)c1ccccc1O. The first-order valence-electron chi connectivity index (χ1n) is 6.24. The van der Waals surface area contributed by atoms with E-state index in [1.165, 1.54) is 18.2 Å². The van der Waals surface area contributed by atoms with Crippen molar-refractivity contribution < 1.29 is 14.7 Å². The lowest BCUT2D eigenvalue weighted by Crippen LogP contribution is -2.41. The van der Waals surface area contributed by atoms with Crippen LogP contribution in [0.4, 0.5) is 0 Å². The summed E-state index contributed by atoms with van der Waals surface area (Å²) in [5.74, 6) is 3.83. The van der Waals surface area contributed by atoms with Crippen LogP contribution in [0.15, 0.2) is 60.7 Å². The van der Waals surface area contributed by atoms with Crippen molar-refractivity contribution >= 4 is 17.9 Å². The van der Waals surface area contributed by atoms with E-state index >= 15 is 0 Å². The zero-order valence-corrected chi connectivity index (χ0v) is 11.1. The van der Waals surface area contributed by atoms with E-state index in [9.17, 15) is 14.7 Å². The summed E-state index contributed by atoms with van der Waals surface area (Å²) >= 11 is 0. The maximum atomic E-state index is 12.0. The zero-order valence-electron chi connectivity index (χ0n) is 11.1. The molecule has 3 N–H and O–H groups in total. The van der Waals surface area contributed by atoms with Gasteiger partial charge < -0.3 is 5.11 Å². The van der Waals surface area contributed by atoms with Crippen LogP contribution in [-0.4, -0.2) is 21.9 Å². The van der Waals surface area contributed by atoms with Crippen LogP contribution in [0, 0.1) is 0 Å². The van der Waals surface area contributed by atoms with Crippen LogP contribution in [0.25, 0.3) is 6.08 Å². The highest BCUT2D eigenvalue weighted by Gasteiger charge is 2.20. The number of imide groups is 1. The Kier molecular flexibility index (Phi) is 4.48. The van der Waals surface area contributed by atoms with Crippen molar-refractivity contribution in [2.75, 3.05) is 0 Å². The molecule has 0 radical (unpaired) electrons. The lowest BCUT2D eigenvalue weighted by molar-refractivity contribution is -0.123. The van der Waals surface area contributed by atoms with Gasteiger partial charge in [-0.2, -0.15) is 0 Å². The number of phenolic OH excluding ortho intramolecular Hbond substituents is 1. The monoisotopic (exact) mass is 282 g/mol. The number of carbonyl (C=O) groups excluding carboxylic acids is 2. The van der Waals surface area contributed by atoms with Crippen molar-refractivity contribution in [3.8, 4) is 5.75 Å². The molecule has 21 heavy (non-hydrogen) atoms. The Bertz CT molecular complexity index is 681. The Morgan fingerprint density at radius 1 is 1.00 bits per heavy atom. The quantitative estimate of drug-likeness (QED) is 0.390. The van der Waals surface area contributed by atoms with Crippen LogP contribution >= 0.6 is 0 Å². The smallest absolute Gasteiger partial charge is 0.278 e. The van der Waals surface area contributed by atoms with Crippen molar-refractivity contribution in [3.05, 3.63) is 71.8 Å². The second-order valence-electron chi connectivity index (χ2n) is 4.27. The minimum atomic E-state index is -0.768. The molecule has 0 fully saturated rings. The standard InChI is InChI=1S/C16H14N2O3/c17-18(16(21)13-8-4-5-9-14(13)19)15(20)11-10-12-6-2-1-3-7-12/h1-11,19H,17H2. The molecule has 0 aromatic heterocycles. The Hall–Kier alpha value is -2.92. The van der Waals surface area contributed by atoms with E-state index in [-0.39, 0.29) is 11.3 Å². The molecule has 2 amide bonds. The predicted molar refractivity (Wildman–Crippen MR) is 78.9 cm³/mol. The molecule has 0 saturated heterocycles. The molecule has 0 unspecified atom stereocenters. The summed E-state index contributed by atoms with van der Waals surface area (Å²) in [6.45, 7) is 0. The predicted octanol–water partition coefficient (Wildman–Crippen LogP) is 1.95. The maximum absolute atomic E-state index is 12.0. The van der Waals surface area contributed by atoms with Crippen molar-refractivity contribution in [1.82, 2.24) is 5.01 Å². The van der Waals surface area contributed by atoms with E-state index in [1.807, 2.05) is 30.3 Å². The van der Waals surface area contributed by atoms with Crippen molar-refractivity contribution in [2.24, 2.45) is 5.84 Å². The maximum Gasteiger partial charge on any atom is 0.278 e. The summed E-state index contributed by atoms with van der Waals surface area (Å²) in [6.07, 6.45) is 2.76. The van der Waals surface area contributed by atoms with Gasteiger partial charge in [-0.15, -0.1) is 0 Å². The number of aromatic hydroxyl groups is 1. The van der Waals surface area contributed by atoms with Crippen LogP contribution < -0.4 is 5.84 Å². The molecule has 2 aromatic carbocycles. The molecule has 0 aliphatic rings. The second kappa shape index (κ2) is 6.49. The summed E-state index contributed by atoms with van der Waals surface area (Å²) in [6, 6.07) is 15.0. The fraction of sp³-hybridized carbons (Fsp3) is 0. The molecule has 5 nitrogen and oxygen atoms in total. The highest BCUT2D eigenvalue weighted by molar-refractivity contribution is 6.09. The molecule has 0 heterocycles. The number of hydrazine groups is 1. The molecule has 2 rings (SSSR count). The molecular weight excluding hydrogens is 268 g/mol. The lowest BCUT2D eigenvalue weighted by atomic mass is 10.2. The Labute approximate surface area is 121 Å². The first-order chi connectivity index (χ1) is 10.1. The second-order valence-corrected chi connectivity index (χ2v) is 4.27. The third-order valence-corrected chi connectivity index (χ3v) is 2.81. The normalized spacial score (nSPS) is 10.5. The first kappa shape index (κ1) is 14.5. The number of hydrogen-bond acceptors (Lipinski definition) is 4. The van der Waals surface area contributed by atoms with E-state index in [0.717, 1.165) is 5.56 Å². The van der Waals surface area contributed by atoms with Crippen LogP contribution in [0.2, 0.25) is 0 Å². The third kappa shape index (κ3) is 3.55. The largest absolute Gasteiger partial charge is 0.507 e. The van der Waals surface area contributed by atoms with Crippen molar-refractivity contribution in [3.63, 3.8) is 0 Å². The molecule has 5 heteroatoms. The number of hydrogen-bond donors (Lipinski definition) is 2. The first-order valence-corrected chi connectivity index (χ1v) is 6.24. The minimum absolute atomic E-state index is 0.0264. The van der Waals surface area contributed by atoms with E-state index in [4.69, 9.17) is 5.84 Å². The third-order valence-electron chi connectivity index (χ3n) is 2.81. The fourth-order valence-electron chi connectivity index (χ4n) is 1.70. The number of rotatable bonds is 3. The molecule has 0 atom stereocenters. The lowest BCUT2D eigenvalue weighted by Gasteiger charge is -2.13. The average Bonchev–Trinajstić information content (AvgIpc) is 2.52. The van der Waals surface area contributed by atoms with Crippen molar-refractivity contribution in [1.29, 1.82) is 0 Å². The van der Waals surface area contributed by atoms with Crippen LogP contribution in [-0.2, 0) is 4.79 Å². The van der Waals surface area contributed by atoms with Gasteiger partial charge in [-0.3, -0.25) is 9.59 Å². The summed E-state index contributed by atoms with van der Waals surface area (Å²) in [4.78, 5) is 23.9. The van der Waals surface area contributed by atoms with Gasteiger partial charge in [0.15, 0.2) is 0 Å². The number of para-hydroxylation sites is 1. The van der Waals surface area contributed by atoms with E-state index in [1.54, 1.807) is 18.2 Å². The molecule has 0 aliphatic carbocycles. The highest BCUT2D eigenvalue weighted by atomic mass is 16.3. The van der Waals surface area contributed by atoms with E-state index in [0.29, 0.717) is 5.01 Å². The topological polar surface area (TPSA) is 83.6 Å². The molecular formula is C16H14N2O3. The zero-order chi connectivity index (χ0) is 15.2. The Morgan fingerprint density at radius 3 is 2.29 bits per heavy atom. The van der Waals surface area contributed by atoms with E-state index < -0.39 is 11.8 Å². The van der Waals surface area contributed by atoms with Crippen LogP contribution in [0.1, 0.15) is 15.9 Å². The number of phenols is 1. The van der Waals surface area contributed by atoms with Gasteiger partial charge >= 0.3 is 0 Å². The Balaban J connectivity index is 2.11. The molecule has 0 aliphatic heterocycles. The van der Waals surface area contributed by atoms with Gasteiger partial charge in [-0.1, -0.05) is 42.5 Å². The van der Waals surface area contributed by atoms with Crippen LogP contribution in [0.5, 0.6) is 5.75 Å². The molecule has 0 spiro atoms. The van der Waals surface area contributed by atoms with Crippen molar-refractivity contribution in [2.45, 2.75) is 0 Å². The van der Waals surface area contributed by atoms with Gasteiger partial charge in [0.25, 0.3) is 11.8 Å². The van der Waals surface area contributed by atoms with E-state index in [2.05, 4.69) is 0 Å². The summed E-state index contributed by atoms with van der Waals surface area (Å²) in [5.41, 5.74) is 0.788. The van der Waals surface area contributed by atoms with Gasteiger partial charge in [0.2, 0.25) is 0 Å². The molecule has 2 aromatic rings. The number of nitrogens with zero attached hydrogens (tertiary/aromatic N) is 1. The highest BCUT2D eigenvalue weighted by Crippen LogP contribution is 2.16. The van der Waals surface area contributed by atoms with Gasteiger partial charge in [0, 0.05) is 6.08 Å².